The lowest BCUT2D eigenvalue weighted by Crippen LogP contribution is -2.29. The average Bonchev–Trinajstić information content (AvgIpc) is 3.39. The summed E-state index contributed by atoms with van der Waals surface area (Å²) in [6, 6.07) is 9.95. The quantitative estimate of drug-likeness (QED) is 0.405. The number of rotatable bonds is 8. The van der Waals surface area contributed by atoms with Gasteiger partial charge < -0.3 is 14.6 Å². The molecule has 0 saturated carbocycles. The number of nitrogens with zero attached hydrogens (tertiary/aromatic N) is 4. The second kappa shape index (κ2) is 9.87. The van der Waals surface area contributed by atoms with E-state index in [1.54, 1.807) is 12.3 Å². The molecule has 8 heteroatoms. The highest BCUT2D eigenvalue weighted by Crippen LogP contribution is 2.27. The minimum atomic E-state index is -0.0788. The van der Waals surface area contributed by atoms with E-state index in [0.717, 1.165) is 30.1 Å². The van der Waals surface area contributed by atoms with Gasteiger partial charge in [0.2, 0.25) is 5.91 Å². The maximum absolute atomic E-state index is 12.5. The first-order valence-corrected chi connectivity index (χ1v) is 11.5. The molecule has 3 heterocycles. The zero-order valence-electron chi connectivity index (χ0n) is 17.7. The number of hydrogen-bond acceptors (Lipinski definition) is 6. The Bertz CT molecular complexity index is 1030. The molecular formula is C23H27N5O2S. The standard InChI is InChI=1S/C23H27N5O2S/c1-3-12-28-22(20-11-15-30-17(20)2)25-26-23(28)31-16-21(29)24-18-7-9-19(10-8-18)27-13-5-4-6-14-27/h3,7-11,15H,1,4-6,12-14,16H2,2H3,(H,24,29). The average molecular weight is 438 g/mol. The lowest BCUT2D eigenvalue weighted by molar-refractivity contribution is -0.113. The van der Waals surface area contributed by atoms with Crippen molar-refractivity contribution in [1.29, 1.82) is 0 Å². The third kappa shape index (κ3) is 5.02. The molecule has 0 aliphatic carbocycles. The van der Waals surface area contributed by atoms with Crippen LogP contribution in [0.5, 0.6) is 0 Å². The van der Waals surface area contributed by atoms with Gasteiger partial charge in [-0.25, -0.2) is 0 Å². The lowest BCUT2D eigenvalue weighted by atomic mass is 10.1. The second-order valence-electron chi connectivity index (χ2n) is 7.53. The van der Waals surface area contributed by atoms with E-state index in [-0.39, 0.29) is 11.7 Å². The second-order valence-corrected chi connectivity index (χ2v) is 8.47. The van der Waals surface area contributed by atoms with E-state index < -0.39 is 0 Å². The summed E-state index contributed by atoms with van der Waals surface area (Å²) in [6.07, 6.45) is 7.22. The molecule has 2 aromatic heterocycles. The molecule has 0 bridgehead atoms. The summed E-state index contributed by atoms with van der Waals surface area (Å²) in [5, 5.41) is 12.2. The van der Waals surface area contributed by atoms with Crippen LogP contribution < -0.4 is 10.2 Å². The fraction of sp³-hybridized carbons (Fsp3) is 0.348. The fourth-order valence-electron chi connectivity index (χ4n) is 3.74. The zero-order valence-corrected chi connectivity index (χ0v) is 18.5. The molecule has 162 valence electrons. The molecule has 3 aromatic rings. The van der Waals surface area contributed by atoms with Gasteiger partial charge in [-0.05, 0) is 56.5 Å². The molecule has 31 heavy (non-hydrogen) atoms. The summed E-state index contributed by atoms with van der Waals surface area (Å²) in [6.45, 7) is 8.47. The predicted molar refractivity (Wildman–Crippen MR) is 125 cm³/mol. The number of piperidine rings is 1. The van der Waals surface area contributed by atoms with Crippen molar-refractivity contribution in [3.63, 3.8) is 0 Å². The van der Waals surface area contributed by atoms with Gasteiger partial charge in [0.1, 0.15) is 5.76 Å². The molecule has 7 nitrogen and oxygen atoms in total. The van der Waals surface area contributed by atoms with Gasteiger partial charge in [0.25, 0.3) is 0 Å². The van der Waals surface area contributed by atoms with E-state index in [1.165, 1.54) is 36.7 Å². The van der Waals surface area contributed by atoms with Crippen LogP contribution in [0.25, 0.3) is 11.4 Å². The Morgan fingerprint density at radius 1 is 1.19 bits per heavy atom. The van der Waals surface area contributed by atoms with Gasteiger partial charge in [0.15, 0.2) is 11.0 Å². The minimum Gasteiger partial charge on any atom is -0.469 e. The third-order valence-corrected chi connectivity index (χ3v) is 6.30. The highest BCUT2D eigenvalue weighted by atomic mass is 32.2. The number of furan rings is 1. The monoisotopic (exact) mass is 437 g/mol. The number of anilines is 2. The molecule has 0 unspecified atom stereocenters. The Balaban J connectivity index is 1.37. The summed E-state index contributed by atoms with van der Waals surface area (Å²) in [4.78, 5) is 14.9. The number of allylic oxidation sites excluding steroid dienone is 1. The maximum atomic E-state index is 12.5. The number of hydrogen-bond donors (Lipinski definition) is 1. The van der Waals surface area contributed by atoms with Crippen molar-refractivity contribution in [3.8, 4) is 11.4 Å². The van der Waals surface area contributed by atoms with Crippen LogP contribution in [0.15, 0.2) is 58.8 Å². The van der Waals surface area contributed by atoms with E-state index in [2.05, 4.69) is 39.1 Å². The van der Waals surface area contributed by atoms with Crippen LogP contribution in [-0.2, 0) is 11.3 Å². The minimum absolute atomic E-state index is 0.0788. The fourth-order valence-corrected chi connectivity index (χ4v) is 4.49. The number of nitrogens with one attached hydrogen (secondary N) is 1. The summed E-state index contributed by atoms with van der Waals surface area (Å²) in [5.74, 6) is 1.65. The highest BCUT2D eigenvalue weighted by Gasteiger charge is 2.18. The Morgan fingerprint density at radius 2 is 1.97 bits per heavy atom. The van der Waals surface area contributed by atoms with E-state index in [1.807, 2.05) is 29.7 Å². The Morgan fingerprint density at radius 3 is 2.65 bits per heavy atom. The molecule has 1 aromatic carbocycles. The first-order chi connectivity index (χ1) is 15.2. The number of carbonyl (C=O) groups is 1. The Kier molecular flexibility index (Phi) is 6.76. The van der Waals surface area contributed by atoms with Crippen LogP contribution in [0.3, 0.4) is 0 Å². The van der Waals surface area contributed by atoms with E-state index >= 15 is 0 Å². The molecule has 1 amide bonds. The van der Waals surface area contributed by atoms with Crippen molar-refractivity contribution in [2.24, 2.45) is 0 Å². The molecular weight excluding hydrogens is 410 g/mol. The van der Waals surface area contributed by atoms with Crippen molar-refractivity contribution < 1.29 is 9.21 Å². The first kappa shape index (κ1) is 21.2. The van der Waals surface area contributed by atoms with Gasteiger partial charge in [-0.3, -0.25) is 9.36 Å². The smallest absolute Gasteiger partial charge is 0.234 e. The molecule has 0 radical (unpaired) electrons. The molecule has 1 saturated heterocycles. The zero-order chi connectivity index (χ0) is 21.6. The number of carbonyl (C=O) groups excluding carboxylic acids is 1. The van der Waals surface area contributed by atoms with E-state index in [9.17, 15) is 4.79 Å². The van der Waals surface area contributed by atoms with E-state index in [0.29, 0.717) is 17.5 Å². The van der Waals surface area contributed by atoms with Crippen molar-refractivity contribution in [1.82, 2.24) is 14.8 Å². The first-order valence-electron chi connectivity index (χ1n) is 10.5. The maximum Gasteiger partial charge on any atom is 0.234 e. The van der Waals surface area contributed by atoms with Gasteiger partial charge in [-0.1, -0.05) is 17.8 Å². The van der Waals surface area contributed by atoms with Crippen LogP contribution in [0.4, 0.5) is 11.4 Å². The SMILES string of the molecule is C=CCn1c(SCC(=O)Nc2ccc(N3CCCCC3)cc2)nnc1-c1ccoc1C. The summed E-state index contributed by atoms with van der Waals surface area (Å²) in [7, 11) is 0. The molecule has 1 aliphatic heterocycles. The van der Waals surface area contributed by atoms with Crippen LogP contribution in [0.2, 0.25) is 0 Å². The number of aromatic nitrogens is 3. The van der Waals surface area contributed by atoms with Crippen LogP contribution >= 0.6 is 11.8 Å². The molecule has 4 rings (SSSR count). The van der Waals surface area contributed by atoms with Crippen LogP contribution in [0, 0.1) is 6.92 Å². The van der Waals surface area contributed by atoms with Gasteiger partial charge in [-0.2, -0.15) is 0 Å². The normalized spacial score (nSPS) is 13.9. The number of benzene rings is 1. The van der Waals surface area contributed by atoms with Crippen molar-refractivity contribution in [3.05, 3.63) is 55.0 Å². The molecule has 1 aliphatic rings. The summed E-state index contributed by atoms with van der Waals surface area (Å²) >= 11 is 1.35. The lowest BCUT2D eigenvalue weighted by Gasteiger charge is -2.28. The highest BCUT2D eigenvalue weighted by molar-refractivity contribution is 7.99. The van der Waals surface area contributed by atoms with Gasteiger partial charge in [0, 0.05) is 31.0 Å². The molecule has 1 N–H and O–H groups in total. The topological polar surface area (TPSA) is 76.2 Å². The van der Waals surface area contributed by atoms with Crippen LogP contribution in [0.1, 0.15) is 25.0 Å². The summed E-state index contributed by atoms with van der Waals surface area (Å²) < 4.78 is 7.33. The van der Waals surface area contributed by atoms with Crippen LogP contribution in [-0.4, -0.2) is 39.5 Å². The predicted octanol–water partition coefficient (Wildman–Crippen LogP) is 4.75. The third-order valence-electron chi connectivity index (χ3n) is 5.33. The van der Waals surface area contributed by atoms with Gasteiger partial charge in [-0.15, -0.1) is 16.8 Å². The number of amides is 1. The van der Waals surface area contributed by atoms with Gasteiger partial charge in [0.05, 0.1) is 17.6 Å². The molecule has 0 spiro atoms. The Hall–Kier alpha value is -3.00. The molecule has 0 atom stereocenters. The molecule has 1 fully saturated rings. The number of aryl methyl sites for hydroxylation is 1. The van der Waals surface area contributed by atoms with Crippen molar-refractivity contribution in [2.45, 2.75) is 37.9 Å². The van der Waals surface area contributed by atoms with E-state index in [4.69, 9.17) is 4.42 Å². The Labute approximate surface area is 186 Å². The number of thioether (sulfide) groups is 1. The largest absolute Gasteiger partial charge is 0.469 e. The van der Waals surface area contributed by atoms with Gasteiger partial charge >= 0.3 is 0 Å². The van der Waals surface area contributed by atoms with Crippen molar-refractivity contribution >= 4 is 29.0 Å². The van der Waals surface area contributed by atoms with Crippen molar-refractivity contribution in [2.75, 3.05) is 29.1 Å². The summed E-state index contributed by atoms with van der Waals surface area (Å²) in [5.41, 5.74) is 2.90.